The number of rotatable bonds is 2. The quantitative estimate of drug-likeness (QED) is 0.724. The van der Waals surface area contributed by atoms with Crippen LogP contribution in [-0.4, -0.2) is 36.0 Å². The third-order valence-electron chi connectivity index (χ3n) is 4.71. The summed E-state index contributed by atoms with van der Waals surface area (Å²) in [5.41, 5.74) is 3.85. The predicted octanol–water partition coefficient (Wildman–Crippen LogP) is 2.96. The Hall–Kier alpha value is -2.95. The molecule has 4 rings (SSSR count). The normalized spacial score (nSPS) is 13.8. The van der Waals surface area contributed by atoms with Gasteiger partial charge in [-0.05, 0) is 30.2 Å². The number of carbonyl (C=O) groups excluding carboxylic acids is 1. The molecule has 0 bridgehead atoms. The van der Waals surface area contributed by atoms with Gasteiger partial charge in [-0.25, -0.2) is 9.97 Å². The standard InChI is InChI=1S/C20H20N4O/c1-14-7-3-4-8-15(14)13-18(25)24-12-11-23(2)19-20(24)22-17-10-6-5-9-16(17)21-19/h3-10H,11-13H2,1-2H3. The van der Waals surface area contributed by atoms with Crippen LogP contribution in [0.5, 0.6) is 0 Å². The molecule has 5 nitrogen and oxygen atoms in total. The Morgan fingerprint density at radius 2 is 1.60 bits per heavy atom. The third-order valence-corrected chi connectivity index (χ3v) is 4.71. The molecule has 2 heterocycles. The molecule has 1 aliphatic heterocycles. The summed E-state index contributed by atoms with van der Waals surface area (Å²) in [4.78, 5) is 26.3. The Kier molecular flexibility index (Phi) is 3.84. The van der Waals surface area contributed by atoms with Crippen molar-refractivity contribution in [2.75, 3.05) is 29.9 Å². The highest BCUT2D eigenvalue weighted by molar-refractivity contribution is 5.98. The average Bonchev–Trinajstić information content (AvgIpc) is 2.62. The third kappa shape index (κ3) is 2.82. The van der Waals surface area contributed by atoms with E-state index in [1.165, 1.54) is 0 Å². The molecule has 25 heavy (non-hydrogen) atoms. The summed E-state index contributed by atoms with van der Waals surface area (Å²) < 4.78 is 0. The maximum Gasteiger partial charge on any atom is 0.232 e. The van der Waals surface area contributed by atoms with E-state index in [0.29, 0.717) is 18.8 Å². The van der Waals surface area contributed by atoms with Gasteiger partial charge in [-0.15, -0.1) is 0 Å². The highest BCUT2D eigenvalue weighted by Crippen LogP contribution is 2.31. The Morgan fingerprint density at radius 1 is 0.960 bits per heavy atom. The van der Waals surface area contributed by atoms with Gasteiger partial charge in [0.05, 0.1) is 17.5 Å². The Balaban J connectivity index is 1.72. The molecule has 126 valence electrons. The SMILES string of the molecule is Cc1ccccc1CC(=O)N1CCN(C)c2nc3ccccc3nc21. The minimum absolute atomic E-state index is 0.0632. The minimum Gasteiger partial charge on any atom is -0.355 e. The van der Waals surface area contributed by atoms with Gasteiger partial charge in [0.25, 0.3) is 0 Å². The zero-order valence-electron chi connectivity index (χ0n) is 14.4. The fourth-order valence-corrected chi connectivity index (χ4v) is 3.19. The van der Waals surface area contributed by atoms with Gasteiger partial charge in [-0.3, -0.25) is 9.69 Å². The molecule has 0 aliphatic carbocycles. The maximum atomic E-state index is 13.0. The molecule has 0 saturated carbocycles. The molecule has 0 saturated heterocycles. The highest BCUT2D eigenvalue weighted by atomic mass is 16.2. The number of carbonyl (C=O) groups is 1. The molecule has 0 unspecified atom stereocenters. The molecule has 5 heteroatoms. The van der Waals surface area contributed by atoms with Crippen LogP contribution in [0.1, 0.15) is 11.1 Å². The molecule has 2 aromatic carbocycles. The van der Waals surface area contributed by atoms with Gasteiger partial charge in [-0.2, -0.15) is 0 Å². The second-order valence-electron chi connectivity index (χ2n) is 6.43. The van der Waals surface area contributed by atoms with E-state index in [9.17, 15) is 4.79 Å². The van der Waals surface area contributed by atoms with Crippen LogP contribution in [0.25, 0.3) is 11.0 Å². The Morgan fingerprint density at radius 3 is 2.32 bits per heavy atom. The molecule has 1 aliphatic rings. The van der Waals surface area contributed by atoms with Crippen molar-refractivity contribution >= 4 is 28.6 Å². The van der Waals surface area contributed by atoms with Crippen molar-refractivity contribution in [3.05, 3.63) is 59.7 Å². The van der Waals surface area contributed by atoms with Crippen LogP contribution in [-0.2, 0) is 11.2 Å². The summed E-state index contributed by atoms with van der Waals surface area (Å²) in [6.45, 7) is 3.41. The van der Waals surface area contributed by atoms with Gasteiger partial charge in [0.2, 0.25) is 5.91 Å². The van der Waals surface area contributed by atoms with E-state index in [1.807, 2.05) is 62.5 Å². The Labute approximate surface area is 146 Å². The number of aryl methyl sites for hydroxylation is 1. The first-order valence-electron chi connectivity index (χ1n) is 8.46. The molecule has 0 N–H and O–H groups in total. The number of likely N-dealkylation sites (N-methyl/N-ethyl adjacent to an activating group) is 1. The highest BCUT2D eigenvalue weighted by Gasteiger charge is 2.28. The number of hydrogen-bond acceptors (Lipinski definition) is 4. The summed E-state index contributed by atoms with van der Waals surface area (Å²) in [5.74, 6) is 1.49. The van der Waals surface area contributed by atoms with Crippen molar-refractivity contribution in [3.63, 3.8) is 0 Å². The minimum atomic E-state index is 0.0632. The molecule has 0 spiro atoms. The molecule has 0 atom stereocenters. The van der Waals surface area contributed by atoms with Crippen molar-refractivity contribution in [2.45, 2.75) is 13.3 Å². The number of aromatic nitrogens is 2. The van der Waals surface area contributed by atoms with Crippen molar-refractivity contribution in [3.8, 4) is 0 Å². The van der Waals surface area contributed by atoms with E-state index in [2.05, 4.69) is 4.90 Å². The number of benzene rings is 2. The first-order valence-corrected chi connectivity index (χ1v) is 8.46. The molecule has 0 radical (unpaired) electrons. The van der Waals surface area contributed by atoms with Crippen LogP contribution in [0.4, 0.5) is 11.6 Å². The van der Waals surface area contributed by atoms with Crippen LogP contribution in [0.3, 0.4) is 0 Å². The zero-order chi connectivity index (χ0) is 17.4. The number of hydrogen-bond donors (Lipinski definition) is 0. The summed E-state index contributed by atoms with van der Waals surface area (Å²) in [6.07, 6.45) is 0.379. The number of para-hydroxylation sites is 2. The lowest BCUT2D eigenvalue weighted by Gasteiger charge is -2.34. The van der Waals surface area contributed by atoms with E-state index < -0.39 is 0 Å². The second-order valence-corrected chi connectivity index (χ2v) is 6.43. The van der Waals surface area contributed by atoms with E-state index >= 15 is 0 Å². The van der Waals surface area contributed by atoms with E-state index in [0.717, 1.165) is 34.5 Å². The van der Waals surface area contributed by atoms with Crippen LogP contribution in [0.15, 0.2) is 48.5 Å². The van der Waals surface area contributed by atoms with Gasteiger partial charge in [0.15, 0.2) is 11.6 Å². The summed E-state index contributed by atoms with van der Waals surface area (Å²) in [5, 5.41) is 0. The monoisotopic (exact) mass is 332 g/mol. The van der Waals surface area contributed by atoms with Crippen molar-refractivity contribution in [1.29, 1.82) is 0 Å². The molecule has 3 aromatic rings. The lowest BCUT2D eigenvalue weighted by atomic mass is 10.1. The fourth-order valence-electron chi connectivity index (χ4n) is 3.19. The molecular formula is C20H20N4O. The Bertz CT molecular complexity index is 953. The smallest absolute Gasteiger partial charge is 0.232 e. The summed E-state index contributed by atoms with van der Waals surface area (Å²) in [6, 6.07) is 15.8. The average molecular weight is 332 g/mol. The number of fused-ring (bicyclic) bond motifs is 2. The van der Waals surface area contributed by atoms with E-state index in [-0.39, 0.29) is 5.91 Å². The number of anilines is 2. The first kappa shape index (κ1) is 15.6. The van der Waals surface area contributed by atoms with Gasteiger partial charge in [0, 0.05) is 20.1 Å². The van der Waals surface area contributed by atoms with Crippen LogP contribution in [0.2, 0.25) is 0 Å². The fraction of sp³-hybridized carbons (Fsp3) is 0.250. The van der Waals surface area contributed by atoms with Crippen molar-refractivity contribution < 1.29 is 4.79 Å². The van der Waals surface area contributed by atoms with Crippen LogP contribution >= 0.6 is 0 Å². The zero-order valence-corrected chi connectivity index (χ0v) is 14.4. The number of nitrogens with zero attached hydrogens (tertiary/aromatic N) is 4. The van der Waals surface area contributed by atoms with Gasteiger partial charge in [0.1, 0.15) is 0 Å². The van der Waals surface area contributed by atoms with Crippen LogP contribution < -0.4 is 9.80 Å². The second kappa shape index (κ2) is 6.16. The van der Waals surface area contributed by atoms with Gasteiger partial charge in [-0.1, -0.05) is 36.4 Å². The maximum absolute atomic E-state index is 13.0. The molecular weight excluding hydrogens is 312 g/mol. The topological polar surface area (TPSA) is 49.3 Å². The molecule has 1 aromatic heterocycles. The summed E-state index contributed by atoms with van der Waals surface area (Å²) in [7, 11) is 1.99. The van der Waals surface area contributed by atoms with E-state index in [1.54, 1.807) is 4.90 Å². The van der Waals surface area contributed by atoms with Gasteiger partial charge >= 0.3 is 0 Å². The first-order chi connectivity index (χ1) is 12.1. The lowest BCUT2D eigenvalue weighted by Crippen LogP contribution is -2.44. The molecule has 1 amide bonds. The van der Waals surface area contributed by atoms with Gasteiger partial charge < -0.3 is 4.90 Å². The van der Waals surface area contributed by atoms with Crippen molar-refractivity contribution in [1.82, 2.24) is 9.97 Å². The summed E-state index contributed by atoms with van der Waals surface area (Å²) >= 11 is 0. The largest absolute Gasteiger partial charge is 0.355 e. The van der Waals surface area contributed by atoms with Crippen LogP contribution in [0, 0.1) is 6.92 Å². The molecule has 0 fully saturated rings. The lowest BCUT2D eigenvalue weighted by molar-refractivity contribution is -0.118. The van der Waals surface area contributed by atoms with Crippen molar-refractivity contribution in [2.24, 2.45) is 0 Å². The predicted molar refractivity (Wildman–Crippen MR) is 100 cm³/mol. The number of amides is 1. The van der Waals surface area contributed by atoms with E-state index in [4.69, 9.17) is 9.97 Å².